The number of benzene rings is 1. The number of phenols is 1. The van der Waals surface area contributed by atoms with Crippen LogP contribution < -0.4 is 10.6 Å². The van der Waals surface area contributed by atoms with Crippen molar-refractivity contribution in [2.75, 3.05) is 20.6 Å². The predicted octanol–water partition coefficient (Wildman–Crippen LogP) is 2.65. The molecule has 3 rings (SSSR count). The van der Waals surface area contributed by atoms with E-state index in [1.165, 1.54) is 5.56 Å². The maximum atomic E-state index is 11.5. The lowest BCUT2D eigenvalue weighted by molar-refractivity contribution is -0.106. The van der Waals surface area contributed by atoms with Gasteiger partial charge in [-0.2, -0.15) is 0 Å². The zero-order valence-corrected chi connectivity index (χ0v) is 17.3. The summed E-state index contributed by atoms with van der Waals surface area (Å²) in [6.45, 7) is 2.90. The van der Waals surface area contributed by atoms with Crippen molar-refractivity contribution in [3.05, 3.63) is 29.8 Å². The van der Waals surface area contributed by atoms with Crippen molar-refractivity contribution >= 4 is 6.21 Å². The number of nitrogens with one attached hydrogen (secondary N) is 2. The Kier molecular flexibility index (Phi) is 6.63. The Morgan fingerprint density at radius 1 is 1.25 bits per heavy atom. The minimum absolute atomic E-state index is 0.149. The van der Waals surface area contributed by atoms with Crippen molar-refractivity contribution in [2.24, 2.45) is 22.4 Å². The van der Waals surface area contributed by atoms with E-state index in [0.29, 0.717) is 18.2 Å². The Bertz CT molecular complexity index is 665. The van der Waals surface area contributed by atoms with Gasteiger partial charge in [0.15, 0.2) is 6.23 Å². The highest BCUT2D eigenvalue weighted by molar-refractivity contribution is 5.62. The third-order valence-electron chi connectivity index (χ3n) is 7.05. The standard InChI is InChI=1S/C22H35N3O3/c1-21-10-8-17(12-16-4-6-19(26)7-5-16)13-22(21,27)11-9-18(21)14-25-28-20(24-3)15-23-2/h4-7,14,17-18,20,23-24,26-27H,8-13,15H2,1-3H3/t17-,18-,20?,21-,22+/m1/s1. The normalized spacial score (nSPS) is 33.7. The summed E-state index contributed by atoms with van der Waals surface area (Å²) in [6.07, 6.45) is 7.40. The van der Waals surface area contributed by atoms with Gasteiger partial charge in [-0.3, -0.25) is 5.32 Å². The monoisotopic (exact) mass is 389 g/mol. The second-order valence-electron chi connectivity index (χ2n) is 8.77. The second-order valence-corrected chi connectivity index (χ2v) is 8.77. The van der Waals surface area contributed by atoms with E-state index in [1.807, 2.05) is 32.4 Å². The van der Waals surface area contributed by atoms with Gasteiger partial charge in [0.05, 0.1) is 5.60 Å². The van der Waals surface area contributed by atoms with Gasteiger partial charge >= 0.3 is 0 Å². The van der Waals surface area contributed by atoms with Gasteiger partial charge in [-0.15, -0.1) is 0 Å². The van der Waals surface area contributed by atoms with E-state index in [-0.39, 0.29) is 17.6 Å². The van der Waals surface area contributed by atoms with E-state index in [4.69, 9.17) is 4.84 Å². The van der Waals surface area contributed by atoms with Gasteiger partial charge in [-0.25, -0.2) is 0 Å². The van der Waals surface area contributed by atoms with Gasteiger partial charge < -0.3 is 20.4 Å². The first-order chi connectivity index (χ1) is 13.4. The lowest BCUT2D eigenvalue weighted by Gasteiger charge is -2.48. The molecule has 0 radical (unpaired) electrons. The zero-order valence-electron chi connectivity index (χ0n) is 17.3. The number of likely N-dealkylation sites (N-methyl/N-ethyl adjacent to an activating group) is 2. The number of hydrogen-bond acceptors (Lipinski definition) is 6. The van der Waals surface area contributed by atoms with Crippen LogP contribution in [0.15, 0.2) is 29.4 Å². The minimum Gasteiger partial charge on any atom is -0.508 e. The summed E-state index contributed by atoms with van der Waals surface area (Å²) < 4.78 is 0. The van der Waals surface area contributed by atoms with Gasteiger partial charge in [0.25, 0.3) is 0 Å². The molecule has 28 heavy (non-hydrogen) atoms. The third kappa shape index (κ3) is 4.34. The molecule has 2 aliphatic carbocycles. The molecule has 156 valence electrons. The van der Waals surface area contributed by atoms with E-state index in [0.717, 1.165) is 38.5 Å². The molecule has 2 saturated carbocycles. The largest absolute Gasteiger partial charge is 0.508 e. The van der Waals surface area contributed by atoms with Crippen LogP contribution in [0.4, 0.5) is 0 Å². The molecule has 2 aliphatic rings. The van der Waals surface area contributed by atoms with Crippen molar-refractivity contribution in [1.29, 1.82) is 0 Å². The fourth-order valence-corrected chi connectivity index (χ4v) is 5.12. The summed E-state index contributed by atoms with van der Waals surface area (Å²) in [6, 6.07) is 7.45. The number of aromatic hydroxyl groups is 1. The molecule has 1 aromatic carbocycles. The summed E-state index contributed by atoms with van der Waals surface area (Å²) in [4.78, 5) is 5.55. The lowest BCUT2D eigenvalue weighted by atomic mass is 9.59. The highest BCUT2D eigenvalue weighted by Crippen LogP contribution is 2.58. The van der Waals surface area contributed by atoms with Crippen molar-refractivity contribution < 1.29 is 15.1 Å². The maximum absolute atomic E-state index is 11.5. The Morgan fingerprint density at radius 3 is 2.68 bits per heavy atom. The van der Waals surface area contributed by atoms with E-state index in [1.54, 1.807) is 12.1 Å². The van der Waals surface area contributed by atoms with Crippen LogP contribution in [0.5, 0.6) is 5.75 Å². The fraction of sp³-hybridized carbons (Fsp3) is 0.682. The van der Waals surface area contributed by atoms with E-state index in [9.17, 15) is 10.2 Å². The minimum atomic E-state index is -0.642. The van der Waals surface area contributed by atoms with Crippen LogP contribution in [0.2, 0.25) is 0 Å². The molecule has 1 unspecified atom stereocenters. The summed E-state index contributed by atoms with van der Waals surface area (Å²) in [5, 5.41) is 31.4. The Balaban J connectivity index is 1.61. The van der Waals surface area contributed by atoms with E-state index in [2.05, 4.69) is 22.7 Å². The molecule has 0 aliphatic heterocycles. The van der Waals surface area contributed by atoms with Crippen LogP contribution in [0.1, 0.15) is 44.6 Å². The highest BCUT2D eigenvalue weighted by Gasteiger charge is 2.58. The van der Waals surface area contributed by atoms with Crippen LogP contribution in [0.3, 0.4) is 0 Å². The average Bonchev–Trinajstić information content (AvgIpc) is 2.94. The molecule has 0 heterocycles. The first-order valence-electron chi connectivity index (χ1n) is 10.4. The first kappa shape index (κ1) is 21.1. The van der Waals surface area contributed by atoms with E-state index >= 15 is 0 Å². The van der Waals surface area contributed by atoms with Crippen molar-refractivity contribution in [1.82, 2.24) is 10.6 Å². The molecule has 0 spiro atoms. The number of phenolic OH excluding ortho intramolecular Hbond substituents is 1. The third-order valence-corrected chi connectivity index (χ3v) is 7.05. The van der Waals surface area contributed by atoms with Crippen molar-refractivity contribution in [3.8, 4) is 5.75 Å². The zero-order chi connectivity index (χ0) is 20.2. The average molecular weight is 390 g/mol. The summed E-state index contributed by atoms with van der Waals surface area (Å²) in [5.74, 6) is 1.01. The fourth-order valence-electron chi connectivity index (χ4n) is 5.12. The Hall–Kier alpha value is -1.63. The van der Waals surface area contributed by atoms with Gasteiger partial charge in [0.1, 0.15) is 5.75 Å². The van der Waals surface area contributed by atoms with Gasteiger partial charge in [0, 0.05) is 24.1 Å². The Labute approximate surface area is 168 Å². The van der Waals surface area contributed by atoms with Crippen LogP contribution in [0, 0.1) is 17.3 Å². The van der Waals surface area contributed by atoms with Crippen molar-refractivity contribution in [3.63, 3.8) is 0 Å². The van der Waals surface area contributed by atoms with Crippen molar-refractivity contribution in [2.45, 2.75) is 57.3 Å². The Morgan fingerprint density at radius 2 is 2.00 bits per heavy atom. The first-order valence-corrected chi connectivity index (χ1v) is 10.4. The summed E-state index contributed by atoms with van der Waals surface area (Å²) >= 11 is 0. The molecule has 2 fully saturated rings. The molecule has 5 atom stereocenters. The highest BCUT2D eigenvalue weighted by atomic mass is 16.6. The van der Waals surface area contributed by atoms with Crippen LogP contribution in [0.25, 0.3) is 0 Å². The van der Waals surface area contributed by atoms with Crippen LogP contribution in [-0.4, -0.2) is 48.9 Å². The number of rotatable bonds is 8. The number of fused-ring (bicyclic) bond motifs is 1. The van der Waals surface area contributed by atoms with Gasteiger partial charge in [0.2, 0.25) is 0 Å². The smallest absolute Gasteiger partial charge is 0.190 e. The topological polar surface area (TPSA) is 86.1 Å². The van der Waals surface area contributed by atoms with Gasteiger partial charge in [-0.05, 0) is 76.2 Å². The maximum Gasteiger partial charge on any atom is 0.190 e. The second kappa shape index (κ2) is 8.80. The lowest BCUT2D eigenvalue weighted by Crippen LogP contribution is -2.50. The van der Waals surface area contributed by atoms with Gasteiger partial charge in [-0.1, -0.05) is 24.2 Å². The molecule has 1 aromatic rings. The number of hydrogen-bond donors (Lipinski definition) is 4. The molecule has 0 saturated heterocycles. The quantitative estimate of drug-likeness (QED) is 0.312. The van der Waals surface area contributed by atoms with Crippen LogP contribution >= 0.6 is 0 Å². The molecule has 0 bridgehead atoms. The molecule has 4 N–H and O–H groups in total. The van der Waals surface area contributed by atoms with Crippen LogP contribution in [-0.2, 0) is 11.3 Å². The predicted molar refractivity (Wildman–Crippen MR) is 111 cm³/mol. The molecular weight excluding hydrogens is 354 g/mol. The number of nitrogens with zero attached hydrogens (tertiary/aromatic N) is 1. The molecule has 6 heteroatoms. The summed E-state index contributed by atoms with van der Waals surface area (Å²) in [7, 11) is 3.73. The van der Waals surface area contributed by atoms with E-state index < -0.39 is 5.60 Å². The number of oxime groups is 1. The SMILES string of the molecule is CNCC(NC)ON=C[C@H]1CC[C@]2(O)C[C@@H](Cc3ccc(O)cc3)CC[C@]12C. The molecule has 6 nitrogen and oxygen atoms in total. The molecule has 0 aromatic heterocycles. The molecular formula is C22H35N3O3. The molecule has 0 amide bonds. The summed E-state index contributed by atoms with van der Waals surface area (Å²) in [5.41, 5.74) is 0.433. The number of aliphatic hydroxyl groups is 1.